The first kappa shape index (κ1) is 20.9. The van der Waals surface area contributed by atoms with Crippen molar-refractivity contribution in [2.45, 2.75) is 63.6 Å². The summed E-state index contributed by atoms with van der Waals surface area (Å²) >= 11 is 1.54. The van der Waals surface area contributed by atoms with E-state index in [1.807, 2.05) is 22.4 Å². The van der Waals surface area contributed by atoms with Gasteiger partial charge in [0.1, 0.15) is 6.61 Å². The molecule has 1 saturated heterocycles. The SMILES string of the molecule is CCCCCC(=O)N1CCC(C)(O)C(NC(=O)COC)C1c1cccs1. The van der Waals surface area contributed by atoms with Crippen molar-refractivity contribution in [2.75, 3.05) is 20.3 Å². The maximum absolute atomic E-state index is 12.9. The number of aliphatic hydroxyl groups is 1. The topological polar surface area (TPSA) is 78.9 Å². The fraction of sp³-hybridized carbons (Fsp3) is 0.684. The van der Waals surface area contributed by atoms with Crippen LogP contribution in [0.25, 0.3) is 0 Å². The number of unbranched alkanes of at least 4 members (excludes halogenated alkanes) is 2. The van der Waals surface area contributed by atoms with Gasteiger partial charge in [-0.2, -0.15) is 0 Å². The Bertz CT molecular complexity index is 588. The third kappa shape index (κ3) is 5.05. The highest BCUT2D eigenvalue weighted by Crippen LogP contribution is 2.39. The quantitative estimate of drug-likeness (QED) is 0.677. The molecule has 1 aliphatic heterocycles. The molecule has 1 fully saturated rings. The van der Waals surface area contributed by atoms with E-state index in [0.717, 1.165) is 24.1 Å². The van der Waals surface area contributed by atoms with E-state index in [1.165, 1.54) is 18.4 Å². The first-order valence-corrected chi connectivity index (χ1v) is 10.1. The van der Waals surface area contributed by atoms with Crippen molar-refractivity contribution in [3.05, 3.63) is 22.4 Å². The second-order valence-corrected chi connectivity index (χ2v) is 8.07. The Morgan fingerprint density at radius 3 is 2.85 bits per heavy atom. The van der Waals surface area contributed by atoms with Gasteiger partial charge in [0.25, 0.3) is 0 Å². The minimum Gasteiger partial charge on any atom is -0.388 e. The number of nitrogens with zero attached hydrogens (tertiary/aromatic N) is 1. The van der Waals surface area contributed by atoms with E-state index in [4.69, 9.17) is 4.74 Å². The van der Waals surface area contributed by atoms with Gasteiger partial charge in [0, 0.05) is 25.0 Å². The van der Waals surface area contributed by atoms with Crippen LogP contribution >= 0.6 is 11.3 Å². The van der Waals surface area contributed by atoms with Crippen molar-refractivity contribution in [3.8, 4) is 0 Å². The molecule has 146 valence electrons. The molecule has 1 aromatic heterocycles. The van der Waals surface area contributed by atoms with E-state index < -0.39 is 11.6 Å². The predicted octanol–water partition coefficient (Wildman–Crippen LogP) is 2.48. The monoisotopic (exact) mass is 382 g/mol. The van der Waals surface area contributed by atoms with E-state index >= 15 is 0 Å². The van der Waals surface area contributed by atoms with Crippen LogP contribution in [0.1, 0.15) is 56.9 Å². The molecule has 2 rings (SSSR count). The molecule has 2 N–H and O–H groups in total. The highest BCUT2D eigenvalue weighted by molar-refractivity contribution is 7.10. The van der Waals surface area contributed by atoms with Crippen molar-refractivity contribution in [3.63, 3.8) is 0 Å². The summed E-state index contributed by atoms with van der Waals surface area (Å²) in [6.07, 6.45) is 3.87. The molecular formula is C19H30N2O4S. The van der Waals surface area contributed by atoms with Crippen LogP contribution < -0.4 is 5.32 Å². The molecule has 1 aliphatic rings. The molecule has 3 atom stereocenters. The number of piperidine rings is 1. The van der Waals surface area contributed by atoms with Gasteiger partial charge in [-0.15, -0.1) is 11.3 Å². The molecular weight excluding hydrogens is 352 g/mol. The zero-order chi connectivity index (χ0) is 19.2. The number of nitrogens with one attached hydrogen (secondary N) is 1. The normalized spacial score (nSPS) is 25.9. The third-order valence-corrected chi connectivity index (χ3v) is 5.86. The molecule has 2 amide bonds. The zero-order valence-corrected chi connectivity index (χ0v) is 16.7. The standard InChI is InChI=1S/C19H30N2O4S/c1-4-5-6-9-16(23)21-11-10-19(2,24)18(20-15(22)13-25-3)17(21)14-8-7-12-26-14/h7-8,12,17-18,24H,4-6,9-11,13H2,1-3H3,(H,20,22). The van der Waals surface area contributed by atoms with Crippen LogP contribution in [0.4, 0.5) is 0 Å². The van der Waals surface area contributed by atoms with E-state index in [1.54, 1.807) is 6.92 Å². The van der Waals surface area contributed by atoms with E-state index in [2.05, 4.69) is 12.2 Å². The number of amides is 2. The number of rotatable bonds is 8. The second kappa shape index (κ2) is 9.48. The summed E-state index contributed by atoms with van der Waals surface area (Å²) in [6, 6.07) is 2.94. The number of hydrogen-bond acceptors (Lipinski definition) is 5. The van der Waals surface area contributed by atoms with Crippen LogP contribution in [-0.2, 0) is 14.3 Å². The number of likely N-dealkylation sites (tertiary alicyclic amines) is 1. The van der Waals surface area contributed by atoms with Gasteiger partial charge in [-0.1, -0.05) is 25.8 Å². The first-order chi connectivity index (χ1) is 12.4. The Balaban J connectivity index is 2.28. The lowest BCUT2D eigenvalue weighted by molar-refractivity contribution is -0.146. The number of hydrogen-bond donors (Lipinski definition) is 2. The van der Waals surface area contributed by atoms with Crippen molar-refractivity contribution >= 4 is 23.2 Å². The van der Waals surface area contributed by atoms with Crippen LogP contribution in [0.5, 0.6) is 0 Å². The van der Waals surface area contributed by atoms with Crippen LogP contribution in [-0.4, -0.2) is 53.7 Å². The van der Waals surface area contributed by atoms with Gasteiger partial charge in [-0.05, 0) is 31.2 Å². The number of carbonyl (C=O) groups excluding carboxylic acids is 2. The Morgan fingerprint density at radius 1 is 1.46 bits per heavy atom. The Morgan fingerprint density at radius 2 is 2.23 bits per heavy atom. The molecule has 2 heterocycles. The predicted molar refractivity (Wildman–Crippen MR) is 102 cm³/mol. The highest BCUT2D eigenvalue weighted by Gasteiger charge is 2.47. The lowest BCUT2D eigenvalue weighted by Crippen LogP contribution is -2.63. The second-order valence-electron chi connectivity index (χ2n) is 7.09. The molecule has 6 nitrogen and oxygen atoms in total. The van der Waals surface area contributed by atoms with Gasteiger partial charge in [-0.25, -0.2) is 0 Å². The smallest absolute Gasteiger partial charge is 0.246 e. The molecule has 3 unspecified atom stereocenters. The third-order valence-electron chi connectivity index (χ3n) is 4.92. The molecule has 26 heavy (non-hydrogen) atoms. The van der Waals surface area contributed by atoms with Gasteiger partial charge < -0.3 is 20.1 Å². The van der Waals surface area contributed by atoms with Crippen LogP contribution in [0, 0.1) is 0 Å². The van der Waals surface area contributed by atoms with Crippen LogP contribution in [0.2, 0.25) is 0 Å². The van der Waals surface area contributed by atoms with Crippen molar-refractivity contribution < 1.29 is 19.4 Å². The first-order valence-electron chi connectivity index (χ1n) is 9.24. The van der Waals surface area contributed by atoms with Gasteiger partial charge in [0.15, 0.2) is 0 Å². The Hall–Kier alpha value is -1.44. The molecule has 0 radical (unpaired) electrons. The van der Waals surface area contributed by atoms with Gasteiger partial charge >= 0.3 is 0 Å². The number of thiophene rings is 1. The summed E-state index contributed by atoms with van der Waals surface area (Å²) in [7, 11) is 1.46. The summed E-state index contributed by atoms with van der Waals surface area (Å²) in [6.45, 7) is 4.24. The van der Waals surface area contributed by atoms with Crippen LogP contribution in [0.15, 0.2) is 17.5 Å². The Kier molecular flexibility index (Phi) is 7.61. The molecule has 7 heteroatoms. The van der Waals surface area contributed by atoms with Crippen molar-refractivity contribution in [1.82, 2.24) is 10.2 Å². The maximum Gasteiger partial charge on any atom is 0.246 e. The van der Waals surface area contributed by atoms with Crippen molar-refractivity contribution in [2.24, 2.45) is 0 Å². The molecule has 1 aromatic rings. The lowest BCUT2D eigenvalue weighted by Gasteiger charge is -2.48. The summed E-state index contributed by atoms with van der Waals surface area (Å²) < 4.78 is 4.91. The number of methoxy groups -OCH3 is 1. The molecule has 0 saturated carbocycles. The van der Waals surface area contributed by atoms with Gasteiger partial charge in [-0.3, -0.25) is 9.59 Å². The average molecular weight is 383 g/mol. The largest absolute Gasteiger partial charge is 0.388 e. The van der Waals surface area contributed by atoms with Gasteiger partial charge in [0.05, 0.1) is 17.7 Å². The fourth-order valence-corrected chi connectivity index (χ4v) is 4.34. The summed E-state index contributed by atoms with van der Waals surface area (Å²) in [5.74, 6) is -0.210. The number of ether oxygens (including phenoxy) is 1. The summed E-state index contributed by atoms with van der Waals surface area (Å²) in [5, 5.41) is 15.8. The fourth-order valence-electron chi connectivity index (χ4n) is 3.47. The van der Waals surface area contributed by atoms with Crippen LogP contribution in [0.3, 0.4) is 0 Å². The van der Waals surface area contributed by atoms with E-state index in [-0.39, 0.29) is 24.5 Å². The maximum atomic E-state index is 12.9. The molecule has 0 aliphatic carbocycles. The highest BCUT2D eigenvalue weighted by atomic mass is 32.1. The average Bonchev–Trinajstić information content (AvgIpc) is 3.11. The Labute approximate surface area is 159 Å². The number of carbonyl (C=O) groups is 2. The molecule has 0 bridgehead atoms. The minimum atomic E-state index is -1.10. The molecule has 0 aromatic carbocycles. The summed E-state index contributed by atoms with van der Waals surface area (Å²) in [4.78, 5) is 27.8. The summed E-state index contributed by atoms with van der Waals surface area (Å²) in [5.41, 5.74) is -1.10. The lowest BCUT2D eigenvalue weighted by atomic mass is 9.81. The van der Waals surface area contributed by atoms with Gasteiger partial charge in [0.2, 0.25) is 11.8 Å². The minimum absolute atomic E-state index is 0.0752. The van der Waals surface area contributed by atoms with E-state index in [9.17, 15) is 14.7 Å². The molecule has 0 spiro atoms. The zero-order valence-electron chi connectivity index (χ0n) is 15.9. The van der Waals surface area contributed by atoms with E-state index in [0.29, 0.717) is 19.4 Å². The van der Waals surface area contributed by atoms with Crippen molar-refractivity contribution in [1.29, 1.82) is 0 Å².